The van der Waals surface area contributed by atoms with Gasteiger partial charge in [-0.15, -0.1) is 0 Å². The third kappa shape index (κ3) is 7.35. The Hall–Kier alpha value is -3.92. The van der Waals surface area contributed by atoms with E-state index in [0.717, 1.165) is 9.87 Å². The van der Waals surface area contributed by atoms with Crippen LogP contribution >= 0.6 is 0 Å². The molecular formula is C29H34FN3O5S. The minimum Gasteiger partial charge on any atom is -0.497 e. The van der Waals surface area contributed by atoms with Gasteiger partial charge in [0, 0.05) is 24.2 Å². The van der Waals surface area contributed by atoms with E-state index < -0.39 is 40.2 Å². The van der Waals surface area contributed by atoms with Gasteiger partial charge in [-0.1, -0.05) is 42.0 Å². The smallest absolute Gasteiger partial charge is 0.264 e. The van der Waals surface area contributed by atoms with Crippen molar-refractivity contribution in [2.75, 3.05) is 18.0 Å². The third-order valence-corrected chi connectivity index (χ3v) is 7.91. The number of ether oxygens (including phenoxy) is 1. The highest BCUT2D eigenvalue weighted by molar-refractivity contribution is 7.92. The standard InChI is InChI=1S/C29H34FN3O5S/c1-20(2)31-29(35)22(4)32(18-23-9-6-7-12-27(23)30)28(34)19-33(24-10-8-11-25(17-24)38-5)39(36,37)26-15-13-21(3)14-16-26/h6-17,20,22H,18-19H2,1-5H3,(H,31,35). The Morgan fingerprint density at radius 1 is 0.974 bits per heavy atom. The van der Waals surface area contributed by atoms with Crippen molar-refractivity contribution < 1.29 is 27.1 Å². The fraction of sp³-hybridized carbons (Fsp3) is 0.310. The van der Waals surface area contributed by atoms with Crippen LogP contribution in [-0.4, -0.2) is 50.9 Å². The summed E-state index contributed by atoms with van der Waals surface area (Å²) >= 11 is 0. The summed E-state index contributed by atoms with van der Waals surface area (Å²) in [6.45, 7) is 6.08. The quantitative estimate of drug-likeness (QED) is 0.381. The Bertz CT molecular complexity index is 1410. The number of amides is 2. The van der Waals surface area contributed by atoms with Crippen LogP contribution in [0.25, 0.3) is 0 Å². The lowest BCUT2D eigenvalue weighted by Crippen LogP contribution is -2.52. The van der Waals surface area contributed by atoms with Crippen LogP contribution in [0.3, 0.4) is 0 Å². The van der Waals surface area contributed by atoms with Crippen LogP contribution < -0.4 is 14.4 Å². The van der Waals surface area contributed by atoms with Crippen molar-refractivity contribution in [3.05, 3.63) is 89.7 Å². The van der Waals surface area contributed by atoms with Gasteiger partial charge >= 0.3 is 0 Å². The van der Waals surface area contributed by atoms with Gasteiger partial charge in [0.2, 0.25) is 11.8 Å². The molecule has 0 aliphatic carbocycles. The third-order valence-electron chi connectivity index (χ3n) is 6.13. The molecule has 0 bridgehead atoms. The van der Waals surface area contributed by atoms with Crippen LogP contribution in [0.2, 0.25) is 0 Å². The van der Waals surface area contributed by atoms with Crippen LogP contribution in [0.5, 0.6) is 5.75 Å². The maximum Gasteiger partial charge on any atom is 0.264 e. The number of nitrogens with one attached hydrogen (secondary N) is 1. The van der Waals surface area contributed by atoms with E-state index in [1.54, 1.807) is 50.2 Å². The van der Waals surface area contributed by atoms with E-state index in [9.17, 15) is 22.4 Å². The molecule has 1 N–H and O–H groups in total. The van der Waals surface area contributed by atoms with Crippen LogP contribution in [-0.2, 0) is 26.2 Å². The highest BCUT2D eigenvalue weighted by atomic mass is 32.2. The predicted octanol–water partition coefficient (Wildman–Crippen LogP) is 4.28. The van der Waals surface area contributed by atoms with Crippen LogP contribution in [0, 0.1) is 12.7 Å². The molecule has 0 radical (unpaired) electrons. The molecule has 208 valence electrons. The van der Waals surface area contributed by atoms with Crippen molar-refractivity contribution in [1.82, 2.24) is 10.2 Å². The van der Waals surface area contributed by atoms with Crippen LogP contribution in [0.15, 0.2) is 77.7 Å². The number of halogens is 1. The zero-order valence-electron chi connectivity index (χ0n) is 22.7. The van der Waals surface area contributed by atoms with Crippen molar-refractivity contribution in [2.45, 2.75) is 51.2 Å². The Morgan fingerprint density at radius 3 is 2.26 bits per heavy atom. The molecule has 0 heterocycles. The van der Waals surface area contributed by atoms with Crippen molar-refractivity contribution in [2.24, 2.45) is 0 Å². The molecule has 0 spiro atoms. The fourth-order valence-electron chi connectivity index (χ4n) is 3.93. The molecule has 0 aliphatic rings. The van der Waals surface area contributed by atoms with E-state index in [0.29, 0.717) is 5.75 Å². The average Bonchev–Trinajstić information content (AvgIpc) is 2.90. The number of hydrogen-bond donors (Lipinski definition) is 1. The van der Waals surface area contributed by atoms with E-state index in [4.69, 9.17) is 4.74 Å². The molecule has 1 unspecified atom stereocenters. The molecule has 3 aromatic rings. The number of aryl methyl sites for hydroxylation is 1. The molecule has 0 aliphatic heterocycles. The van der Waals surface area contributed by atoms with Crippen molar-refractivity contribution in [3.8, 4) is 5.75 Å². The maximum absolute atomic E-state index is 14.6. The molecule has 3 aromatic carbocycles. The zero-order chi connectivity index (χ0) is 28.7. The number of benzene rings is 3. The fourth-order valence-corrected chi connectivity index (χ4v) is 5.34. The van der Waals surface area contributed by atoms with Crippen molar-refractivity contribution >= 4 is 27.5 Å². The minimum atomic E-state index is -4.21. The summed E-state index contributed by atoms with van der Waals surface area (Å²) < 4.78 is 48.5. The first-order chi connectivity index (χ1) is 18.4. The topological polar surface area (TPSA) is 96.0 Å². The summed E-state index contributed by atoms with van der Waals surface area (Å²) in [5, 5.41) is 2.76. The van der Waals surface area contributed by atoms with Crippen molar-refractivity contribution in [1.29, 1.82) is 0 Å². The molecular weight excluding hydrogens is 521 g/mol. The lowest BCUT2D eigenvalue weighted by atomic mass is 10.1. The van der Waals surface area contributed by atoms with Gasteiger partial charge in [-0.3, -0.25) is 13.9 Å². The Labute approximate surface area is 229 Å². The number of carbonyl (C=O) groups is 2. The summed E-state index contributed by atoms with van der Waals surface area (Å²) in [7, 11) is -2.76. The number of rotatable bonds is 11. The Balaban J connectivity index is 2.06. The molecule has 10 heteroatoms. The summed E-state index contributed by atoms with van der Waals surface area (Å²) in [5.41, 5.74) is 1.27. The predicted molar refractivity (Wildman–Crippen MR) is 148 cm³/mol. The number of nitrogens with zero attached hydrogens (tertiary/aromatic N) is 2. The van der Waals surface area contributed by atoms with Gasteiger partial charge in [-0.2, -0.15) is 0 Å². The Morgan fingerprint density at radius 2 is 1.64 bits per heavy atom. The first-order valence-electron chi connectivity index (χ1n) is 12.5. The lowest BCUT2D eigenvalue weighted by molar-refractivity contribution is -0.139. The molecule has 8 nitrogen and oxygen atoms in total. The van der Waals surface area contributed by atoms with Gasteiger partial charge in [0.15, 0.2) is 0 Å². The van der Waals surface area contributed by atoms with Gasteiger partial charge < -0.3 is 15.0 Å². The number of hydrogen-bond acceptors (Lipinski definition) is 5. The summed E-state index contributed by atoms with van der Waals surface area (Å²) in [6, 6.07) is 17.4. The van der Waals surface area contributed by atoms with E-state index >= 15 is 0 Å². The Kier molecular flexibility index (Phi) is 9.69. The molecule has 0 aromatic heterocycles. The van der Waals surface area contributed by atoms with E-state index in [2.05, 4.69) is 5.32 Å². The molecule has 0 fully saturated rings. The summed E-state index contributed by atoms with van der Waals surface area (Å²) in [4.78, 5) is 27.9. The molecule has 39 heavy (non-hydrogen) atoms. The number of sulfonamides is 1. The van der Waals surface area contributed by atoms with Crippen molar-refractivity contribution in [3.63, 3.8) is 0 Å². The highest BCUT2D eigenvalue weighted by Crippen LogP contribution is 2.28. The second kappa shape index (κ2) is 12.8. The first-order valence-corrected chi connectivity index (χ1v) is 13.9. The van der Waals surface area contributed by atoms with Gasteiger partial charge in [0.1, 0.15) is 24.2 Å². The average molecular weight is 556 g/mol. The molecule has 1 atom stereocenters. The van der Waals surface area contributed by atoms with Gasteiger partial charge in [0.05, 0.1) is 17.7 Å². The number of methoxy groups -OCH3 is 1. The largest absolute Gasteiger partial charge is 0.497 e. The normalized spacial score (nSPS) is 12.1. The lowest BCUT2D eigenvalue weighted by Gasteiger charge is -2.32. The van der Waals surface area contributed by atoms with E-state index in [-0.39, 0.29) is 28.7 Å². The highest BCUT2D eigenvalue weighted by Gasteiger charge is 2.33. The van der Waals surface area contributed by atoms with E-state index in [1.807, 2.05) is 6.92 Å². The summed E-state index contributed by atoms with van der Waals surface area (Å²) in [5.74, 6) is -1.26. The second-order valence-corrected chi connectivity index (χ2v) is 11.3. The minimum absolute atomic E-state index is 0.00465. The SMILES string of the molecule is COc1cccc(N(CC(=O)N(Cc2ccccc2F)C(C)C(=O)NC(C)C)S(=O)(=O)c2ccc(C)cc2)c1. The second-order valence-electron chi connectivity index (χ2n) is 9.48. The molecule has 0 saturated carbocycles. The number of anilines is 1. The number of carbonyl (C=O) groups excluding carboxylic acids is 2. The molecule has 3 rings (SSSR count). The monoisotopic (exact) mass is 555 g/mol. The van der Waals surface area contributed by atoms with Gasteiger partial charge in [0.25, 0.3) is 10.0 Å². The molecule has 2 amide bonds. The van der Waals surface area contributed by atoms with Crippen LogP contribution in [0.1, 0.15) is 31.9 Å². The maximum atomic E-state index is 14.6. The van der Waals surface area contributed by atoms with E-state index in [1.165, 1.54) is 55.3 Å². The van der Waals surface area contributed by atoms with Gasteiger partial charge in [-0.25, -0.2) is 12.8 Å². The van der Waals surface area contributed by atoms with Gasteiger partial charge in [-0.05, 0) is 58.0 Å². The first kappa shape index (κ1) is 29.6. The zero-order valence-corrected chi connectivity index (χ0v) is 23.5. The summed E-state index contributed by atoms with van der Waals surface area (Å²) in [6.07, 6.45) is 0. The van der Waals surface area contributed by atoms with Crippen LogP contribution in [0.4, 0.5) is 10.1 Å². The molecule has 0 saturated heterocycles.